The molecule has 0 aliphatic heterocycles. The normalized spacial score (nSPS) is 11.9. The van der Waals surface area contributed by atoms with E-state index >= 15 is 0 Å². The SMILES string of the molecule is CCC(CC)(CS)Cn1cncn1. The maximum Gasteiger partial charge on any atom is 0.137 e. The molecule has 0 atom stereocenters. The van der Waals surface area contributed by atoms with Crippen molar-refractivity contribution in [1.82, 2.24) is 14.8 Å². The molecule has 1 aromatic heterocycles. The van der Waals surface area contributed by atoms with Gasteiger partial charge < -0.3 is 0 Å². The average molecular weight is 199 g/mol. The Hall–Kier alpha value is -0.510. The Bertz CT molecular complexity index is 221. The molecule has 0 unspecified atom stereocenters. The lowest BCUT2D eigenvalue weighted by Gasteiger charge is -2.29. The van der Waals surface area contributed by atoms with Crippen LogP contribution in [0, 0.1) is 5.41 Å². The van der Waals surface area contributed by atoms with E-state index in [1.54, 1.807) is 12.7 Å². The van der Waals surface area contributed by atoms with Gasteiger partial charge in [-0.05, 0) is 24.0 Å². The molecule has 0 aromatic carbocycles. The fraction of sp³-hybridized carbons (Fsp3) is 0.778. The maximum atomic E-state index is 4.41. The number of nitrogens with zero attached hydrogens (tertiary/aromatic N) is 3. The molecule has 0 aliphatic rings. The van der Waals surface area contributed by atoms with Crippen LogP contribution in [0.1, 0.15) is 26.7 Å². The van der Waals surface area contributed by atoms with Crippen molar-refractivity contribution < 1.29 is 0 Å². The first-order valence-corrected chi connectivity index (χ1v) is 5.33. The van der Waals surface area contributed by atoms with Gasteiger partial charge in [0.05, 0.1) is 0 Å². The molecular formula is C9H17N3S. The van der Waals surface area contributed by atoms with Crippen molar-refractivity contribution in [3.05, 3.63) is 12.7 Å². The zero-order chi connectivity index (χ0) is 9.73. The summed E-state index contributed by atoms with van der Waals surface area (Å²) in [5.41, 5.74) is 0.275. The summed E-state index contributed by atoms with van der Waals surface area (Å²) >= 11 is 4.41. The molecule has 4 heteroatoms. The van der Waals surface area contributed by atoms with Gasteiger partial charge in [0.25, 0.3) is 0 Å². The van der Waals surface area contributed by atoms with E-state index in [1.165, 1.54) is 0 Å². The molecule has 0 amide bonds. The second-order valence-electron chi connectivity index (χ2n) is 3.46. The van der Waals surface area contributed by atoms with Gasteiger partial charge in [0.1, 0.15) is 12.7 Å². The van der Waals surface area contributed by atoms with Crippen LogP contribution >= 0.6 is 12.6 Å². The molecule has 0 saturated carbocycles. The molecule has 0 fully saturated rings. The van der Waals surface area contributed by atoms with Crippen molar-refractivity contribution in [2.75, 3.05) is 5.75 Å². The zero-order valence-electron chi connectivity index (χ0n) is 8.27. The second-order valence-corrected chi connectivity index (χ2v) is 3.77. The van der Waals surface area contributed by atoms with E-state index in [0.29, 0.717) is 0 Å². The van der Waals surface area contributed by atoms with Crippen LogP contribution in [-0.2, 0) is 6.54 Å². The molecule has 0 aliphatic carbocycles. The molecule has 0 radical (unpaired) electrons. The molecular weight excluding hydrogens is 182 g/mol. The van der Waals surface area contributed by atoms with Crippen molar-refractivity contribution in [3.63, 3.8) is 0 Å². The van der Waals surface area contributed by atoms with Gasteiger partial charge >= 0.3 is 0 Å². The summed E-state index contributed by atoms with van der Waals surface area (Å²) in [6.45, 7) is 5.33. The third-order valence-corrected chi connectivity index (χ3v) is 3.47. The number of hydrogen-bond donors (Lipinski definition) is 1. The molecule has 0 N–H and O–H groups in total. The molecule has 74 valence electrons. The Morgan fingerprint density at radius 1 is 1.38 bits per heavy atom. The molecule has 0 spiro atoms. The zero-order valence-corrected chi connectivity index (χ0v) is 9.17. The highest BCUT2D eigenvalue weighted by atomic mass is 32.1. The minimum Gasteiger partial charge on any atom is -0.252 e. The molecule has 0 bridgehead atoms. The Kier molecular flexibility index (Phi) is 3.78. The summed E-state index contributed by atoms with van der Waals surface area (Å²) in [6, 6.07) is 0. The topological polar surface area (TPSA) is 30.7 Å². The predicted octanol–water partition coefficient (Wildman–Crippen LogP) is 2.01. The summed E-state index contributed by atoms with van der Waals surface area (Å²) in [7, 11) is 0. The lowest BCUT2D eigenvalue weighted by atomic mass is 9.84. The first-order chi connectivity index (χ1) is 6.26. The third-order valence-electron chi connectivity index (χ3n) is 2.80. The van der Waals surface area contributed by atoms with Crippen molar-refractivity contribution in [3.8, 4) is 0 Å². The molecule has 3 nitrogen and oxygen atoms in total. The van der Waals surface area contributed by atoms with Crippen LogP contribution in [0.15, 0.2) is 12.7 Å². The summed E-state index contributed by atoms with van der Waals surface area (Å²) < 4.78 is 1.89. The van der Waals surface area contributed by atoms with Crippen LogP contribution in [0.4, 0.5) is 0 Å². The lowest BCUT2D eigenvalue weighted by Crippen LogP contribution is -2.27. The quantitative estimate of drug-likeness (QED) is 0.735. The molecule has 1 aromatic rings. The Labute approximate surface area is 85.0 Å². The van der Waals surface area contributed by atoms with Crippen molar-refractivity contribution >= 4 is 12.6 Å². The Morgan fingerprint density at radius 2 is 2.08 bits per heavy atom. The predicted molar refractivity (Wildman–Crippen MR) is 56.9 cm³/mol. The van der Waals surface area contributed by atoms with Crippen LogP contribution in [0.2, 0.25) is 0 Å². The van der Waals surface area contributed by atoms with E-state index < -0.39 is 0 Å². The van der Waals surface area contributed by atoms with Gasteiger partial charge in [-0.25, -0.2) is 4.98 Å². The first kappa shape index (κ1) is 10.6. The van der Waals surface area contributed by atoms with Crippen molar-refractivity contribution in [1.29, 1.82) is 0 Å². The van der Waals surface area contributed by atoms with E-state index in [0.717, 1.165) is 25.1 Å². The van der Waals surface area contributed by atoms with E-state index in [1.807, 2.05) is 4.68 Å². The van der Waals surface area contributed by atoms with Crippen LogP contribution in [0.3, 0.4) is 0 Å². The van der Waals surface area contributed by atoms with Gasteiger partial charge in [-0.15, -0.1) is 0 Å². The number of hydrogen-bond acceptors (Lipinski definition) is 3. The van der Waals surface area contributed by atoms with Gasteiger partial charge in [-0.1, -0.05) is 13.8 Å². The molecule has 13 heavy (non-hydrogen) atoms. The summed E-state index contributed by atoms with van der Waals surface area (Å²) in [6.07, 6.45) is 5.61. The molecule has 1 rings (SSSR count). The maximum absolute atomic E-state index is 4.41. The first-order valence-electron chi connectivity index (χ1n) is 4.69. The van der Waals surface area contributed by atoms with Crippen LogP contribution in [0.25, 0.3) is 0 Å². The number of aromatic nitrogens is 3. The molecule has 0 saturated heterocycles. The van der Waals surface area contributed by atoms with Gasteiger partial charge in [-0.3, -0.25) is 4.68 Å². The monoisotopic (exact) mass is 199 g/mol. The van der Waals surface area contributed by atoms with Crippen molar-refractivity contribution in [2.45, 2.75) is 33.2 Å². The van der Waals surface area contributed by atoms with Gasteiger partial charge in [-0.2, -0.15) is 17.7 Å². The van der Waals surface area contributed by atoms with E-state index in [2.05, 4.69) is 36.6 Å². The highest BCUT2D eigenvalue weighted by Crippen LogP contribution is 2.29. The minimum atomic E-state index is 0.275. The number of rotatable bonds is 5. The third kappa shape index (κ3) is 2.46. The van der Waals surface area contributed by atoms with Crippen molar-refractivity contribution in [2.24, 2.45) is 5.41 Å². The van der Waals surface area contributed by atoms with E-state index in [9.17, 15) is 0 Å². The second kappa shape index (κ2) is 4.65. The van der Waals surface area contributed by atoms with E-state index in [-0.39, 0.29) is 5.41 Å². The van der Waals surface area contributed by atoms with Crippen LogP contribution < -0.4 is 0 Å². The summed E-state index contributed by atoms with van der Waals surface area (Å²) in [4.78, 5) is 3.94. The lowest BCUT2D eigenvalue weighted by molar-refractivity contribution is 0.246. The largest absolute Gasteiger partial charge is 0.252 e. The summed E-state index contributed by atoms with van der Waals surface area (Å²) in [5, 5.41) is 4.12. The Morgan fingerprint density at radius 3 is 2.46 bits per heavy atom. The summed E-state index contributed by atoms with van der Waals surface area (Å²) in [5.74, 6) is 0.903. The fourth-order valence-corrected chi connectivity index (χ4v) is 1.95. The van der Waals surface area contributed by atoms with Gasteiger partial charge in [0.15, 0.2) is 0 Å². The average Bonchev–Trinajstić information content (AvgIpc) is 2.67. The molecule has 1 heterocycles. The van der Waals surface area contributed by atoms with Gasteiger partial charge in [0.2, 0.25) is 0 Å². The van der Waals surface area contributed by atoms with Crippen LogP contribution in [-0.4, -0.2) is 20.5 Å². The highest BCUT2D eigenvalue weighted by Gasteiger charge is 2.25. The smallest absolute Gasteiger partial charge is 0.137 e. The standard InChI is InChI=1S/C9H17N3S/c1-3-9(4-2,6-13)5-12-8-10-7-11-12/h7-8,13H,3-6H2,1-2H3. The Balaban J connectivity index is 2.67. The highest BCUT2D eigenvalue weighted by molar-refractivity contribution is 7.80. The van der Waals surface area contributed by atoms with Gasteiger partial charge in [0, 0.05) is 6.54 Å². The minimum absolute atomic E-state index is 0.275. The fourth-order valence-electron chi connectivity index (χ4n) is 1.41. The van der Waals surface area contributed by atoms with Crippen LogP contribution in [0.5, 0.6) is 0 Å². The number of thiol groups is 1. The van der Waals surface area contributed by atoms with E-state index in [4.69, 9.17) is 0 Å².